The van der Waals surface area contributed by atoms with E-state index in [1.807, 2.05) is 0 Å². The Labute approximate surface area is 145 Å². The van der Waals surface area contributed by atoms with Gasteiger partial charge in [-0.05, 0) is 13.8 Å². The number of carbonyl (C=O) groups excluding carboxylic acids is 2. The van der Waals surface area contributed by atoms with Gasteiger partial charge in [0.25, 0.3) is 0 Å². The first-order valence-electron chi connectivity index (χ1n) is 5.18. The monoisotopic (exact) mass is 406 g/mol. The maximum Gasteiger partial charge on any atom is 0.344 e. The minimum atomic E-state index is -1.92. The van der Waals surface area contributed by atoms with Crippen molar-refractivity contribution < 1.29 is 82.9 Å². The first-order valence-corrected chi connectivity index (χ1v) is 5.18. The topological polar surface area (TPSA) is 147 Å². The van der Waals surface area contributed by atoms with Gasteiger partial charge < -0.3 is 24.8 Å². The molecule has 0 bridgehead atoms. The van der Waals surface area contributed by atoms with Crippen LogP contribution in [0.5, 0.6) is 0 Å². The zero-order chi connectivity index (χ0) is 15.2. The van der Waals surface area contributed by atoms with Crippen molar-refractivity contribution in [2.24, 2.45) is 0 Å². The first-order chi connectivity index (χ1) is 8.65. The number of aliphatic hydroxyl groups is 1. The van der Waals surface area contributed by atoms with Crippen molar-refractivity contribution >= 4 is 23.9 Å². The molecule has 9 nitrogen and oxygen atoms in total. The van der Waals surface area contributed by atoms with Gasteiger partial charge in [0.15, 0.2) is 18.3 Å². The van der Waals surface area contributed by atoms with E-state index in [0.29, 0.717) is 0 Å². The molecule has 3 unspecified atom stereocenters. The molecule has 0 heterocycles. The third kappa shape index (κ3) is 10.5. The van der Waals surface area contributed by atoms with Crippen LogP contribution in [0.3, 0.4) is 0 Å². The van der Waals surface area contributed by atoms with Gasteiger partial charge in [0, 0.05) is 39.0 Å². The van der Waals surface area contributed by atoms with Gasteiger partial charge in [-0.2, -0.15) is 0 Å². The first kappa shape index (κ1) is 25.1. The Kier molecular flexibility index (Phi) is 14.0. The number of carboxylic acid groups (broad SMARTS) is 2. The van der Waals surface area contributed by atoms with Crippen molar-refractivity contribution in [2.45, 2.75) is 38.6 Å². The fraction of sp³-hybridized carbons (Fsp3) is 0.600. The van der Waals surface area contributed by atoms with E-state index in [2.05, 4.69) is 9.47 Å². The number of carbonyl (C=O) groups is 4. The molecule has 0 rings (SSSR count). The van der Waals surface area contributed by atoms with Crippen LogP contribution in [0.15, 0.2) is 0 Å². The molecule has 0 fully saturated rings. The number of aliphatic hydroxyl groups excluding tert-OH is 1. The van der Waals surface area contributed by atoms with Crippen molar-refractivity contribution in [1.29, 1.82) is 0 Å². The number of carboxylic acids is 2. The third-order valence-electron chi connectivity index (χ3n) is 1.93. The van der Waals surface area contributed by atoms with Crippen LogP contribution in [0.2, 0.25) is 0 Å². The van der Waals surface area contributed by atoms with Gasteiger partial charge in [-0.25, -0.2) is 14.4 Å². The molecule has 0 saturated heterocycles. The summed E-state index contributed by atoms with van der Waals surface area (Å²) in [5, 5.41) is 26.2. The van der Waals surface area contributed by atoms with E-state index >= 15 is 0 Å². The van der Waals surface area contributed by atoms with Gasteiger partial charge >= 0.3 is 23.9 Å². The Bertz CT molecular complexity index is 385. The van der Waals surface area contributed by atoms with Gasteiger partial charge in [0.05, 0.1) is 6.42 Å². The summed E-state index contributed by atoms with van der Waals surface area (Å²) < 4.78 is 8.68. The average molecular weight is 409 g/mol. The largest absolute Gasteiger partial charge is 0.479 e. The summed E-state index contributed by atoms with van der Waals surface area (Å²) in [7, 11) is 0. The Hall–Kier alpha value is -0.913. The average Bonchev–Trinajstić information content (AvgIpc) is 2.27. The standard InChI is InChI=1S/C10H14O9.2Zn/c1-4(8(13)14)18-7(12)3-6(11)10(17)19-5(2)9(15)16;;/h4-6,11H,3H2,1-2H3,(H,13,14)(H,15,16);;. The van der Waals surface area contributed by atoms with E-state index in [0.717, 1.165) is 13.8 Å². The molecule has 0 spiro atoms. The number of hydrogen-bond acceptors (Lipinski definition) is 7. The van der Waals surface area contributed by atoms with Crippen LogP contribution in [0.4, 0.5) is 0 Å². The molecule has 21 heavy (non-hydrogen) atoms. The van der Waals surface area contributed by atoms with Crippen LogP contribution < -0.4 is 0 Å². The van der Waals surface area contributed by atoms with Gasteiger partial charge in [-0.3, -0.25) is 4.79 Å². The minimum Gasteiger partial charge on any atom is -0.479 e. The fourth-order valence-corrected chi connectivity index (χ4v) is 0.840. The van der Waals surface area contributed by atoms with Crippen molar-refractivity contribution in [3.05, 3.63) is 0 Å². The van der Waals surface area contributed by atoms with Gasteiger partial charge in [-0.15, -0.1) is 0 Å². The molecule has 0 aliphatic carbocycles. The van der Waals surface area contributed by atoms with Gasteiger partial charge in [-0.1, -0.05) is 0 Å². The number of esters is 2. The van der Waals surface area contributed by atoms with E-state index < -0.39 is 48.6 Å². The zero-order valence-electron chi connectivity index (χ0n) is 11.6. The van der Waals surface area contributed by atoms with E-state index in [4.69, 9.17) is 10.2 Å². The second-order valence-corrected chi connectivity index (χ2v) is 3.61. The maximum absolute atomic E-state index is 11.2. The fourth-order valence-electron chi connectivity index (χ4n) is 0.840. The summed E-state index contributed by atoms with van der Waals surface area (Å²) in [6, 6.07) is 0. The SMILES string of the molecule is CC(OC(=O)CC(O)C(=O)OC(C)C(=O)O)C(=O)O.[Zn].[Zn]. The molecule has 0 aliphatic heterocycles. The minimum absolute atomic E-state index is 0. The van der Waals surface area contributed by atoms with E-state index in [1.54, 1.807) is 0 Å². The normalized spacial score (nSPS) is 13.5. The molecule has 3 N–H and O–H groups in total. The quantitative estimate of drug-likeness (QED) is 0.347. The summed E-state index contributed by atoms with van der Waals surface area (Å²) in [4.78, 5) is 43.0. The van der Waals surface area contributed by atoms with E-state index in [9.17, 15) is 24.3 Å². The molecular formula is C10H14O9Zn2. The Morgan fingerprint density at radius 3 is 1.67 bits per heavy atom. The van der Waals surface area contributed by atoms with E-state index in [-0.39, 0.29) is 39.0 Å². The Morgan fingerprint density at radius 2 is 1.29 bits per heavy atom. The van der Waals surface area contributed by atoms with Crippen molar-refractivity contribution in [1.82, 2.24) is 0 Å². The van der Waals surface area contributed by atoms with Gasteiger partial charge in [0.2, 0.25) is 0 Å². The number of rotatable bonds is 7. The van der Waals surface area contributed by atoms with Crippen molar-refractivity contribution in [3.63, 3.8) is 0 Å². The summed E-state index contributed by atoms with van der Waals surface area (Å²) in [5.41, 5.74) is 0. The van der Waals surface area contributed by atoms with E-state index in [1.165, 1.54) is 0 Å². The zero-order valence-corrected chi connectivity index (χ0v) is 17.6. The second kappa shape index (κ2) is 11.7. The van der Waals surface area contributed by atoms with Crippen LogP contribution in [-0.4, -0.2) is 57.5 Å². The van der Waals surface area contributed by atoms with Crippen molar-refractivity contribution in [2.75, 3.05) is 0 Å². The summed E-state index contributed by atoms with van der Waals surface area (Å²) in [6.45, 7) is 2.16. The molecule has 0 aromatic heterocycles. The van der Waals surface area contributed by atoms with Crippen LogP contribution in [-0.2, 0) is 67.6 Å². The molecule has 0 aliphatic rings. The molecule has 11 heteroatoms. The number of ether oxygens (including phenoxy) is 2. The Balaban J connectivity index is -0.00000162. The number of aliphatic carboxylic acids is 2. The van der Waals surface area contributed by atoms with Crippen LogP contribution in [0, 0.1) is 0 Å². The Morgan fingerprint density at radius 1 is 0.905 bits per heavy atom. The molecule has 3 atom stereocenters. The number of hydrogen-bond donors (Lipinski definition) is 3. The second-order valence-electron chi connectivity index (χ2n) is 3.61. The molecule has 0 aromatic rings. The van der Waals surface area contributed by atoms with Crippen LogP contribution in [0.25, 0.3) is 0 Å². The summed E-state index contributed by atoms with van der Waals surface area (Å²) >= 11 is 0. The van der Waals surface area contributed by atoms with Crippen LogP contribution >= 0.6 is 0 Å². The molecule has 0 radical (unpaired) electrons. The molecule has 112 valence electrons. The van der Waals surface area contributed by atoms with Crippen molar-refractivity contribution in [3.8, 4) is 0 Å². The molecule has 0 saturated carbocycles. The molecule has 0 amide bonds. The molecular weight excluding hydrogens is 395 g/mol. The molecule has 0 aromatic carbocycles. The predicted octanol–water partition coefficient (Wildman–Crippen LogP) is -1.23. The summed E-state index contributed by atoms with van der Waals surface area (Å²) in [6.07, 6.45) is -5.65. The predicted molar refractivity (Wildman–Crippen MR) is 57.0 cm³/mol. The third-order valence-corrected chi connectivity index (χ3v) is 1.93. The summed E-state index contributed by atoms with van der Waals surface area (Å²) in [5.74, 6) is -5.23. The van der Waals surface area contributed by atoms with Crippen LogP contribution in [0.1, 0.15) is 20.3 Å². The van der Waals surface area contributed by atoms with Gasteiger partial charge in [0.1, 0.15) is 0 Å². The smallest absolute Gasteiger partial charge is 0.344 e. The maximum atomic E-state index is 11.2.